The fraction of sp³-hybridized carbons (Fsp3) is 1.00. The highest BCUT2D eigenvalue weighted by Crippen LogP contribution is 2.14. The van der Waals surface area contributed by atoms with Gasteiger partial charge < -0.3 is 14.0 Å². The number of hydrogen-bond acceptors (Lipinski definition) is 4. The average Bonchev–Trinajstić information content (AvgIpc) is 2.92. The van der Waals surface area contributed by atoms with Crippen molar-refractivity contribution in [2.75, 3.05) is 59.5 Å². The zero-order valence-electron chi connectivity index (χ0n) is 28.6. The second-order valence-electron chi connectivity index (χ2n) is 13.7. The summed E-state index contributed by atoms with van der Waals surface area (Å²) in [7, 11) is 5.25. The molecule has 0 heterocycles. The van der Waals surface area contributed by atoms with Crippen molar-refractivity contribution in [3.8, 4) is 0 Å². The van der Waals surface area contributed by atoms with Crippen LogP contribution in [-0.2, 0) is 19.3 Å². The lowest BCUT2D eigenvalue weighted by Crippen LogP contribution is -2.35. The van der Waals surface area contributed by atoms with Crippen LogP contribution in [0.2, 0.25) is 0 Å². The Morgan fingerprint density at radius 1 is 0.561 bits per heavy atom. The fourth-order valence-electron chi connectivity index (χ4n) is 5.49. The molecule has 0 aliphatic rings. The molecule has 0 aliphatic carbocycles. The summed E-state index contributed by atoms with van der Waals surface area (Å²) in [6.45, 7) is 4.60. The average molecular weight is 605 g/mol. The van der Waals surface area contributed by atoms with Crippen molar-refractivity contribution in [2.24, 2.45) is 0 Å². The Balaban J connectivity index is 3.54. The first-order valence-corrected chi connectivity index (χ1v) is 19.6. The van der Waals surface area contributed by atoms with E-state index in [9.17, 15) is 8.42 Å². The van der Waals surface area contributed by atoms with Crippen LogP contribution in [0.25, 0.3) is 0 Å². The predicted octanol–water partition coefficient (Wildman–Crippen LogP) is 9.52. The molecule has 0 aromatic rings. The number of sulfone groups is 1. The minimum atomic E-state index is -3.09. The van der Waals surface area contributed by atoms with Crippen molar-refractivity contribution in [2.45, 2.75) is 167 Å². The minimum Gasteiger partial charge on any atom is -0.379 e. The summed E-state index contributed by atoms with van der Waals surface area (Å²) < 4.78 is 37.3. The van der Waals surface area contributed by atoms with Crippen molar-refractivity contribution in [3.05, 3.63) is 0 Å². The molecule has 0 amide bonds. The van der Waals surface area contributed by atoms with Gasteiger partial charge >= 0.3 is 0 Å². The molecule has 1 atom stereocenters. The minimum absolute atomic E-state index is 0.0781. The van der Waals surface area contributed by atoms with Crippen LogP contribution < -0.4 is 0 Å². The van der Waals surface area contributed by atoms with Crippen molar-refractivity contribution >= 4 is 9.84 Å². The lowest BCUT2D eigenvalue weighted by atomic mass is 10.0. The Kier molecular flexibility index (Phi) is 28.5. The van der Waals surface area contributed by atoms with Gasteiger partial charge in [-0.15, -0.1) is 0 Å². The molecule has 6 heteroatoms. The third-order valence-electron chi connectivity index (χ3n) is 8.25. The number of quaternary nitrogens is 1. The summed E-state index contributed by atoms with van der Waals surface area (Å²) in [6.07, 6.45) is 30.7. The van der Waals surface area contributed by atoms with Crippen LogP contribution in [0.1, 0.15) is 161 Å². The van der Waals surface area contributed by atoms with Gasteiger partial charge in [-0.3, -0.25) is 0 Å². The van der Waals surface area contributed by atoms with E-state index in [1.165, 1.54) is 135 Å². The van der Waals surface area contributed by atoms with E-state index in [2.05, 4.69) is 28.1 Å². The smallest absolute Gasteiger partial charge is 0.152 e. The summed E-state index contributed by atoms with van der Waals surface area (Å²) in [5.74, 6) is 0.351. The monoisotopic (exact) mass is 605 g/mol. The van der Waals surface area contributed by atoms with Crippen molar-refractivity contribution in [1.82, 2.24) is 0 Å². The van der Waals surface area contributed by atoms with E-state index in [0.29, 0.717) is 13.2 Å². The van der Waals surface area contributed by atoms with Crippen molar-refractivity contribution < 1.29 is 22.4 Å². The first-order chi connectivity index (χ1) is 19.7. The van der Waals surface area contributed by atoms with E-state index < -0.39 is 9.84 Å². The normalized spacial score (nSPS) is 13.2. The van der Waals surface area contributed by atoms with Gasteiger partial charge in [-0.2, -0.15) is 0 Å². The zero-order chi connectivity index (χ0) is 30.5. The summed E-state index contributed by atoms with van der Waals surface area (Å²) in [5, 5.41) is 0. The molecule has 248 valence electrons. The van der Waals surface area contributed by atoms with E-state index in [0.717, 1.165) is 30.2 Å². The fourth-order valence-corrected chi connectivity index (χ4v) is 7.10. The summed E-state index contributed by atoms with van der Waals surface area (Å²) >= 11 is 0. The molecule has 0 N–H and O–H groups in total. The summed E-state index contributed by atoms with van der Waals surface area (Å²) in [6, 6.07) is 0. The molecular weight excluding hydrogens is 530 g/mol. The SMILES string of the molecule is CCCCCCCCCCCCCCCCCCOCC(CS(=O)(=O)CCCCCCCCCC[N+](C)(C)C)OC. The van der Waals surface area contributed by atoms with Gasteiger partial charge in [-0.1, -0.05) is 135 Å². The second-order valence-corrected chi connectivity index (χ2v) is 15.9. The predicted molar refractivity (Wildman–Crippen MR) is 180 cm³/mol. The lowest BCUT2D eigenvalue weighted by Gasteiger charge is -2.23. The maximum atomic E-state index is 12.5. The Labute approximate surface area is 258 Å². The quantitative estimate of drug-likeness (QED) is 0.0553. The van der Waals surface area contributed by atoms with Gasteiger partial charge in [0.2, 0.25) is 0 Å². The number of rotatable bonds is 33. The van der Waals surface area contributed by atoms with E-state index in [-0.39, 0.29) is 17.6 Å². The summed E-state index contributed by atoms with van der Waals surface area (Å²) in [5.41, 5.74) is 0. The number of nitrogens with zero attached hydrogens (tertiary/aromatic N) is 1. The Bertz CT molecular complexity index is 633. The molecule has 5 nitrogen and oxygen atoms in total. The van der Waals surface area contributed by atoms with E-state index in [1.54, 1.807) is 7.11 Å². The topological polar surface area (TPSA) is 52.6 Å². The zero-order valence-corrected chi connectivity index (χ0v) is 29.4. The molecule has 41 heavy (non-hydrogen) atoms. The Morgan fingerprint density at radius 2 is 0.951 bits per heavy atom. The molecule has 0 spiro atoms. The molecule has 1 unspecified atom stereocenters. The van der Waals surface area contributed by atoms with Crippen molar-refractivity contribution in [1.29, 1.82) is 0 Å². The van der Waals surface area contributed by atoms with Gasteiger partial charge in [0.1, 0.15) is 0 Å². The van der Waals surface area contributed by atoms with Gasteiger partial charge in [-0.25, -0.2) is 8.42 Å². The lowest BCUT2D eigenvalue weighted by molar-refractivity contribution is -0.870. The molecule has 0 radical (unpaired) electrons. The van der Waals surface area contributed by atoms with E-state index >= 15 is 0 Å². The van der Waals surface area contributed by atoms with Crippen molar-refractivity contribution in [3.63, 3.8) is 0 Å². The van der Waals surface area contributed by atoms with Gasteiger partial charge in [0.15, 0.2) is 9.84 Å². The number of unbranched alkanes of at least 4 members (excludes halogenated alkanes) is 22. The number of hydrogen-bond donors (Lipinski definition) is 0. The molecule has 0 aromatic carbocycles. The molecule has 0 bridgehead atoms. The highest BCUT2D eigenvalue weighted by molar-refractivity contribution is 7.91. The van der Waals surface area contributed by atoms with Crippen LogP contribution in [0.5, 0.6) is 0 Å². The molecule has 0 saturated carbocycles. The van der Waals surface area contributed by atoms with Gasteiger partial charge in [0, 0.05) is 13.7 Å². The maximum absolute atomic E-state index is 12.5. The third-order valence-corrected chi connectivity index (χ3v) is 10.0. The van der Waals surface area contributed by atoms with Gasteiger partial charge in [-0.05, 0) is 25.7 Å². The Hall–Kier alpha value is -0.170. The molecule has 0 aliphatic heterocycles. The highest BCUT2D eigenvalue weighted by atomic mass is 32.2. The molecular formula is C35H74NO4S+. The standard InChI is InChI=1S/C35H74NO4S/c1-6-7-8-9-10-11-12-13-14-15-16-17-19-22-25-28-31-40-33-35(39-5)34-41(37,38)32-29-26-23-20-18-21-24-27-30-36(2,3)4/h35H,6-34H2,1-5H3/q+1. The van der Waals surface area contributed by atoms with E-state index in [1.807, 2.05) is 0 Å². The number of methoxy groups -OCH3 is 1. The molecule has 0 aromatic heterocycles. The van der Waals surface area contributed by atoms with Crippen LogP contribution in [0, 0.1) is 0 Å². The number of ether oxygens (including phenoxy) is 2. The molecule has 0 fully saturated rings. The third kappa shape index (κ3) is 32.6. The first kappa shape index (κ1) is 40.8. The summed E-state index contributed by atoms with van der Waals surface area (Å²) in [4.78, 5) is 0. The highest BCUT2D eigenvalue weighted by Gasteiger charge is 2.19. The maximum Gasteiger partial charge on any atom is 0.152 e. The molecule has 0 saturated heterocycles. The largest absolute Gasteiger partial charge is 0.379 e. The van der Waals surface area contributed by atoms with Gasteiger partial charge in [0.25, 0.3) is 0 Å². The van der Waals surface area contributed by atoms with Crippen LogP contribution in [0.15, 0.2) is 0 Å². The first-order valence-electron chi connectivity index (χ1n) is 17.8. The van der Waals surface area contributed by atoms with Gasteiger partial charge in [0.05, 0.1) is 51.9 Å². The Morgan fingerprint density at radius 3 is 1.37 bits per heavy atom. The van der Waals surface area contributed by atoms with E-state index in [4.69, 9.17) is 9.47 Å². The van der Waals surface area contributed by atoms with Crippen LogP contribution in [0.4, 0.5) is 0 Å². The molecule has 0 rings (SSSR count). The second kappa shape index (κ2) is 28.6. The van der Waals surface area contributed by atoms with Crippen LogP contribution in [0.3, 0.4) is 0 Å². The van der Waals surface area contributed by atoms with Crippen LogP contribution >= 0.6 is 0 Å². The van der Waals surface area contributed by atoms with Crippen LogP contribution in [-0.4, -0.2) is 78.5 Å².